The highest BCUT2D eigenvalue weighted by atomic mass is 16.2. The maximum atomic E-state index is 14.1. The fourth-order valence-corrected chi connectivity index (χ4v) is 20.7. The zero-order valence-electron chi connectivity index (χ0n) is 82.1. The van der Waals surface area contributed by atoms with Gasteiger partial charge in [-0.1, -0.05) is 117 Å². The van der Waals surface area contributed by atoms with Gasteiger partial charge >= 0.3 is 0 Å². The molecule has 6 amide bonds. The second-order valence-corrected chi connectivity index (χ2v) is 42.6. The molecule has 0 bridgehead atoms. The molecule has 0 radical (unpaired) electrons. The average Bonchev–Trinajstić information content (AvgIpc) is 1.55. The van der Waals surface area contributed by atoms with Crippen molar-refractivity contribution in [3.05, 3.63) is 125 Å². The molecule has 11 atom stereocenters. The van der Waals surface area contributed by atoms with Gasteiger partial charge in [0.15, 0.2) is 17.3 Å². The molecule has 3 N–H and O–H groups in total. The van der Waals surface area contributed by atoms with Gasteiger partial charge in [0, 0.05) is 127 Å². The number of hydrogen-bond donors (Lipinski definition) is 3. The van der Waals surface area contributed by atoms with Gasteiger partial charge in [-0.05, 0) is 259 Å². The van der Waals surface area contributed by atoms with E-state index in [0.717, 1.165) is 157 Å². The standard InChI is InChI=1S/2C35H48N6O3.C34H46N6O3/c1-20(2)9-11-27(12-10-21(3)4)38-34(44)29-15-35(8)16-30(35)41(29)31(43)19-40-33-22(5)13-25(26-17-36-24(7)37-18-26)14-28(33)32(39-40)23(6)42;1-20(2)10-9-11-27(12-21(3)4)38-34(44)29-15-35(8)16-30(35)41(29)31(43)19-40-33-22(5)13-25(26-17-36-24(7)37-18-26)14-28(33)32(39-40)23(6)42;1-19(2)9-10-26(11-20(3)4)37-33(43)28-14-34(8)15-29(34)40(28)30(42)18-39-32-21(5)12-24(25-16-35-23(7)36-17-25)13-27(32)31(38-39)22(6)41/h2*13-14,17-18,20-21,27,29-30H,9-12,15-16,19H2,1-8H3,(H,38,44);12-13,16-17,19-20,26,28-29H,9-11,14-15,18H2,1-8H3,(H,37,43)/t29-,30+,35-;27-,29-,30+,35-;26-,28-,29+,34-/m000/s1. The van der Waals surface area contributed by atoms with Crippen molar-refractivity contribution in [1.29, 1.82) is 0 Å². The minimum atomic E-state index is -0.492. The first-order valence-corrected chi connectivity index (χ1v) is 48.1. The number of carbonyl (C=O) groups is 9. The number of piperidine rings is 3. The number of ketones is 3. The van der Waals surface area contributed by atoms with Crippen molar-refractivity contribution in [2.75, 3.05) is 0 Å². The van der Waals surface area contributed by atoms with Gasteiger partial charge in [0.25, 0.3) is 0 Å². The lowest BCUT2D eigenvalue weighted by atomic mass is 9.95. The summed E-state index contributed by atoms with van der Waals surface area (Å²) in [5.41, 5.74) is 11.0. The van der Waals surface area contributed by atoms with E-state index < -0.39 is 18.1 Å². The second-order valence-electron chi connectivity index (χ2n) is 42.6. The number of amides is 6. The number of Topliss-reactive ketones (excluding diaryl/α,β-unsaturated/α-hetero) is 3. The summed E-state index contributed by atoms with van der Waals surface area (Å²) in [5, 5.41) is 26.1. The maximum Gasteiger partial charge on any atom is 0.245 e. The second kappa shape index (κ2) is 39.9. The predicted molar refractivity (Wildman–Crippen MR) is 512 cm³/mol. The Morgan fingerprint density at radius 3 is 0.855 bits per heavy atom. The molecule has 27 heteroatoms. The van der Waals surface area contributed by atoms with E-state index in [2.05, 4.69) is 165 Å². The van der Waals surface area contributed by atoms with Crippen LogP contribution in [-0.4, -0.2) is 181 Å². The molecule has 131 heavy (non-hydrogen) atoms. The molecule has 3 aromatic carbocycles. The third-order valence-electron chi connectivity index (χ3n) is 28.1. The van der Waals surface area contributed by atoms with Crippen molar-refractivity contribution in [2.24, 2.45) is 51.8 Å². The molecule has 6 aliphatic rings. The highest BCUT2D eigenvalue weighted by molar-refractivity contribution is 6.09. The van der Waals surface area contributed by atoms with Gasteiger partial charge in [-0.3, -0.25) is 57.2 Å². The van der Waals surface area contributed by atoms with Gasteiger partial charge in [0.05, 0.1) is 16.6 Å². The van der Waals surface area contributed by atoms with E-state index in [1.165, 1.54) is 20.8 Å². The van der Waals surface area contributed by atoms with Crippen molar-refractivity contribution in [3.8, 4) is 33.4 Å². The van der Waals surface area contributed by atoms with Crippen LogP contribution in [0.5, 0.6) is 0 Å². The Labute approximate surface area is 773 Å². The van der Waals surface area contributed by atoms with E-state index in [9.17, 15) is 43.2 Å². The molecule has 6 fully saturated rings. The van der Waals surface area contributed by atoms with E-state index in [0.29, 0.717) is 105 Å². The molecule has 27 nitrogen and oxygen atoms in total. The summed E-state index contributed by atoms with van der Waals surface area (Å²) in [4.78, 5) is 153. The lowest BCUT2D eigenvalue weighted by Gasteiger charge is -2.30. The fraction of sp³-hybridized carbons (Fsp3) is 0.596. The largest absolute Gasteiger partial charge is 0.352 e. The van der Waals surface area contributed by atoms with E-state index in [1.54, 1.807) is 51.2 Å². The average molecular weight is 1790 g/mol. The van der Waals surface area contributed by atoms with Gasteiger partial charge in [-0.25, -0.2) is 29.9 Å². The van der Waals surface area contributed by atoms with Crippen molar-refractivity contribution in [3.63, 3.8) is 0 Å². The van der Waals surface area contributed by atoms with Crippen LogP contribution in [0.1, 0.15) is 299 Å². The summed E-state index contributed by atoms with van der Waals surface area (Å²) < 4.78 is 4.95. The summed E-state index contributed by atoms with van der Waals surface area (Å²) in [7, 11) is 0. The molecule has 6 aromatic heterocycles. The quantitative estimate of drug-likeness (QED) is 0.0311. The van der Waals surface area contributed by atoms with Crippen LogP contribution in [0.2, 0.25) is 0 Å². The Bertz CT molecular complexity index is 5750. The van der Waals surface area contributed by atoms with Crippen LogP contribution >= 0.6 is 0 Å². The van der Waals surface area contributed by atoms with Crippen molar-refractivity contribution >= 4 is 85.5 Å². The topological polar surface area (TPSA) is 330 Å². The van der Waals surface area contributed by atoms with E-state index in [-0.39, 0.29) is 125 Å². The first-order valence-electron chi connectivity index (χ1n) is 48.1. The Kier molecular flexibility index (Phi) is 29.7. The monoisotopic (exact) mass is 1790 g/mol. The predicted octanol–water partition coefficient (Wildman–Crippen LogP) is 17.8. The number of nitrogens with one attached hydrogen (secondary N) is 3. The first-order chi connectivity index (χ1) is 61.8. The molecule has 0 unspecified atom stereocenters. The number of nitrogens with zero attached hydrogens (tertiary/aromatic N) is 15. The molecular formula is C104H142N18O9. The number of fused-ring (bicyclic) bond motifs is 6. The molecule has 15 rings (SSSR count). The summed E-state index contributed by atoms with van der Waals surface area (Å²) in [6.07, 6.45) is 26.4. The highest BCUT2D eigenvalue weighted by Gasteiger charge is 2.67. The lowest BCUT2D eigenvalue weighted by Crippen LogP contribution is -2.51. The van der Waals surface area contributed by atoms with Crippen LogP contribution in [0.15, 0.2) is 73.6 Å². The van der Waals surface area contributed by atoms with Gasteiger partial charge < -0.3 is 30.7 Å². The van der Waals surface area contributed by atoms with Crippen molar-refractivity contribution < 1.29 is 43.2 Å². The third-order valence-corrected chi connectivity index (χ3v) is 28.1. The Hall–Kier alpha value is -10.9. The fourth-order valence-electron chi connectivity index (χ4n) is 20.7. The van der Waals surface area contributed by atoms with Crippen molar-refractivity contribution in [1.82, 2.24) is 89.9 Å². The van der Waals surface area contributed by atoms with E-state index in [4.69, 9.17) is 0 Å². The van der Waals surface area contributed by atoms with Crippen LogP contribution < -0.4 is 16.0 Å². The molecule has 9 heterocycles. The Morgan fingerprint density at radius 1 is 0.336 bits per heavy atom. The zero-order chi connectivity index (χ0) is 95.1. The highest BCUT2D eigenvalue weighted by Crippen LogP contribution is 2.61. The number of rotatable bonds is 35. The van der Waals surface area contributed by atoms with Gasteiger partial charge in [-0.2, -0.15) is 15.3 Å². The lowest BCUT2D eigenvalue weighted by molar-refractivity contribution is -0.140. The number of aryl methyl sites for hydroxylation is 6. The normalized spacial score (nSPS) is 21.5. The Morgan fingerprint density at radius 2 is 0.595 bits per heavy atom. The molecule has 3 aliphatic heterocycles. The first kappa shape index (κ1) is 97.7. The molecule has 3 saturated heterocycles. The van der Waals surface area contributed by atoms with Crippen LogP contribution in [0.4, 0.5) is 0 Å². The molecular weight excluding hydrogens is 1650 g/mol. The van der Waals surface area contributed by atoms with E-state index >= 15 is 0 Å². The smallest absolute Gasteiger partial charge is 0.245 e. The van der Waals surface area contributed by atoms with Gasteiger partial charge in [0.2, 0.25) is 35.4 Å². The van der Waals surface area contributed by atoms with Gasteiger partial charge in [-0.15, -0.1) is 0 Å². The van der Waals surface area contributed by atoms with Crippen LogP contribution in [0.25, 0.3) is 66.1 Å². The van der Waals surface area contributed by atoms with Crippen LogP contribution in [-0.2, 0) is 48.4 Å². The molecule has 9 aromatic rings. The number of hydrogen-bond acceptors (Lipinski definition) is 18. The summed E-state index contributed by atoms with van der Waals surface area (Å²) >= 11 is 0. The maximum absolute atomic E-state index is 14.1. The summed E-state index contributed by atoms with van der Waals surface area (Å²) in [6, 6.07) is 10.8. The summed E-state index contributed by atoms with van der Waals surface area (Å²) in [6.45, 7) is 48.8. The molecule has 3 aliphatic carbocycles. The minimum absolute atomic E-state index is 0.0270. The Balaban J connectivity index is 0.000000167. The number of carbonyl (C=O) groups excluding carboxylic acids is 9. The van der Waals surface area contributed by atoms with Crippen molar-refractivity contribution in [2.45, 2.75) is 349 Å². The minimum Gasteiger partial charge on any atom is -0.352 e. The third kappa shape index (κ3) is 22.4. The molecule has 3 saturated carbocycles. The zero-order valence-corrected chi connectivity index (χ0v) is 82.1. The molecule has 702 valence electrons. The van der Waals surface area contributed by atoms with Crippen LogP contribution in [0, 0.1) is 93.3 Å². The summed E-state index contributed by atoms with van der Waals surface area (Å²) in [5.74, 6) is 4.29. The van der Waals surface area contributed by atoms with E-state index in [1.807, 2.05) is 92.6 Å². The van der Waals surface area contributed by atoms with Crippen LogP contribution in [0.3, 0.4) is 0 Å². The SMILES string of the molecule is CC(=O)c1nn(CC(=O)N2[C@H](C(=O)NC(CCC(C)C)CCC(C)C)C[C@@]3(C)C[C@@H]23)c2c(C)cc(-c3cnc(C)nc3)cc12.CC(=O)c1nn(CC(=O)N2[C@H](C(=O)N[C@@H](CCC(C)C)CC(C)C)C[C@@]3(C)C[C@@H]23)c2c(C)cc(-c3cnc(C)nc3)cc12.CC(=O)c1nn(CC(=O)N2[C@H](C(=O)N[C@@H](CCCC(C)C)CC(C)C)C[C@@]3(C)C[C@@H]23)c2c(C)cc(-c3cnc(C)nc3)cc12. The number of aromatic nitrogens is 12. The molecule has 0 spiro atoms. The number of benzene rings is 3. The van der Waals surface area contributed by atoms with Gasteiger partial charge in [0.1, 0.15) is 72.3 Å². The number of likely N-dealkylation sites (tertiary alicyclic amines) is 3.